The van der Waals surface area contributed by atoms with E-state index in [0.717, 1.165) is 27.9 Å². The molecular weight excluding hydrogens is 226 g/mol. The minimum atomic E-state index is 0.553. The maximum absolute atomic E-state index is 5.67. The van der Waals surface area contributed by atoms with Gasteiger partial charge >= 0.3 is 0 Å². The molecular formula is C13H13N5. The van der Waals surface area contributed by atoms with Crippen molar-refractivity contribution in [1.29, 1.82) is 0 Å². The fraction of sp³-hybridized carbons (Fsp3) is 0.154. The number of aromatic nitrogens is 4. The Morgan fingerprint density at radius 3 is 2.94 bits per heavy atom. The summed E-state index contributed by atoms with van der Waals surface area (Å²) in [4.78, 5) is 8.48. The Morgan fingerprint density at radius 2 is 2.17 bits per heavy atom. The van der Waals surface area contributed by atoms with Crippen molar-refractivity contribution < 1.29 is 0 Å². The van der Waals surface area contributed by atoms with Gasteiger partial charge in [-0.05, 0) is 24.1 Å². The van der Waals surface area contributed by atoms with Crippen molar-refractivity contribution in [1.82, 2.24) is 20.2 Å². The maximum Gasteiger partial charge on any atom is 0.159 e. The summed E-state index contributed by atoms with van der Waals surface area (Å²) in [7, 11) is 0. The normalized spacial score (nSPS) is 11.0. The van der Waals surface area contributed by atoms with Gasteiger partial charge in [-0.2, -0.15) is 5.10 Å². The molecule has 0 saturated carbocycles. The van der Waals surface area contributed by atoms with Crippen LogP contribution in [0.2, 0.25) is 0 Å². The lowest BCUT2D eigenvalue weighted by Crippen LogP contribution is -1.99. The molecule has 0 amide bonds. The molecule has 3 N–H and O–H groups in total. The number of fused-ring (bicyclic) bond motifs is 1. The van der Waals surface area contributed by atoms with E-state index in [1.807, 2.05) is 12.1 Å². The SMILES string of the molecule is Cc1cc(-c2ncnc3[nH]ncc23)ccc1CN. The van der Waals surface area contributed by atoms with Crippen molar-refractivity contribution in [2.45, 2.75) is 13.5 Å². The Morgan fingerprint density at radius 1 is 1.28 bits per heavy atom. The summed E-state index contributed by atoms with van der Waals surface area (Å²) in [5.74, 6) is 0. The van der Waals surface area contributed by atoms with Crippen LogP contribution in [0.4, 0.5) is 0 Å². The highest BCUT2D eigenvalue weighted by atomic mass is 15.1. The Kier molecular flexibility index (Phi) is 2.53. The van der Waals surface area contributed by atoms with Crippen molar-refractivity contribution in [2.75, 3.05) is 0 Å². The Bertz CT molecular complexity index is 701. The molecule has 5 heteroatoms. The van der Waals surface area contributed by atoms with E-state index >= 15 is 0 Å². The van der Waals surface area contributed by atoms with Crippen LogP contribution >= 0.6 is 0 Å². The number of H-pyrrole nitrogens is 1. The predicted octanol–water partition coefficient (Wildman–Crippen LogP) is 1.79. The summed E-state index contributed by atoms with van der Waals surface area (Å²) in [5.41, 5.74) is 10.7. The lowest BCUT2D eigenvalue weighted by atomic mass is 10.0. The van der Waals surface area contributed by atoms with Crippen LogP contribution in [-0.2, 0) is 6.54 Å². The third-order valence-corrected chi connectivity index (χ3v) is 3.08. The summed E-state index contributed by atoms with van der Waals surface area (Å²) >= 11 is 0. The Hall–Kier alpha value is -2.27. The Balaban J connectivity index is 2.20. The zero-order valence-electron chi connectivity index (χ0n) is 10.0. The topological polar surface area (TPSA) is 80.5 Å². The third-order valence-electron chi connectivity index (χ3n) is 3.08. The van der Waals surface area contributed by atoms with Crippen LogP contribution < -0.4 is 5.73 Å². The van der Waals surface area contributed by atoms with E-state index in [0.29, 0.717) is 6.54 Å². The molecule has 3 aromatic rings. The molecule has 0 bridgehead atoms. The van der Waals surface area contributed by atoms with Crippen LogP contribution in [0.15, 0.2) is 30.7 Å². The number of rotatable bonds is 2. The first kappa shape index (κ1) is 10.9. The van der Waals surface area contributed by atoms with Gasteiger partial charge in [-0.1, -0.05) is 12.1 Å². The third kappa shape index (κ3) is 1.65. The molecule has 90 valence electrons. The second kappa shape index (κ2) is 4.19. The standard InChI is InChI=1S/C13H13N5/c1-8-4-9(2-3-10(8)5-14)12-11-6-17-18-13(11)16-7-15-12/h2-4,6-7H,5,14H2,1H3,(H,15,16,17,18). The van der Waals surface area contributed by atoms with Gasteiger partial charge in [0.15, 0.2) is 5.65 Å². The molecule has 0 atom stereocenters. The average molecular weight is 239 g/mol. The van der Waals surface area contributed by atoms with Gasteiger partial charge in [-0.15, -0.1) is 0 Å². The summed E-state index contributed by atoms with van der Waals surface area (Å²) in [6.45, 7) is 2.61. The van der Waals surface area contributed by atoms with Gasteiger partial charge in [0, 0.05) is 12.1 Å². The zero-order valence-corrected chi connectivity index (χ0v) is 10.0. The second-order valence-electron chi connectivity index (χ2n) is 4.20. The highest BCUT2D eigenvalue weighted by molar-refractivity contribution is 5.89. The number of hydrogen-bond acceptors (Lipinski definition) is 4. The number of nitrogens with two attached hydrogens (primary N) is 1. The van der Waals surface area contributed by atoms with Crippen LogP contribution in [0.5, 0.6) is 0 Å². The molecule has 18 heavy (non-hydrogen) atoms. The van der Waals surface area contributed by atoms with E-state index in [-0.39, 0.29) is 0 Å². The summed E-state index contributed by atoms with van der Waals surface area (Å²) in [5, 5.41) is 7.77. The van der Waals surface area contributed by atoms with E-state index in [4.69, 9.17) is 5.73 Å². The lowest BCUT2D eigenvalue weighted by molar-refractivity contribution is 1.05. The second-order valence-corrected chi connectivity index (χ2v) is 4.20. The molecule has 0 saturated heterocycles. The molecule has 0 spiro atoms. The highest BCUT2D eigenvalue weighted by Crippen LogP contribution is 2.25. The molecule has 0 unspecified atom stereocenters. The number of hydrogen-bond donors (Lipinski definition) is 2. The van der Waals surface area contributed by atoms with Crippen molar-refractivity contribution in [3.63, 3.8) is 0 Å². The largest absolute Gasteiger partial charge is 0.326 e. The molecule has 1 aromatic carbocycles. The van der Waals surface area contributed by atoms with Gasteiger partial charge < -0.3 is 5.73 Å². The van der Waals surface area contributed by atoms with Crippen molar-refractivity contribution in [2.24, 2.45) is 5.73 Å². The van der Waals surface area contributed by atoms with E-state index in [2.05, 4.69) is 33.2 Å². The van der Waals surface area contributed by atoms with Crippen molar-refractivity contribution in [3.8, 4) is 11.3 Å². The number of nitrogens with one attached hydrogen (secondary N) is 1. The van der Waals surface area contributed by atoms with Gasteiger partial charge in [0.25, 0.3) is 0 Å². The average Bonchev–Trinajstić information content (AvgIpc) is 2.86. The minimum Gasteiger partial charge on any atom is -0.326 e. The van der Waals surface area contributed by atoms with Crippen LogP contribution in [0.1, 0.15) is 11.1 Å². The van der Waals surface area contributed by atoms with E-state index < -0.39 is 0 Å². The molecule has 5 nitrogen and oxygen atoms in total. The quantitative estimate of drug-likeness (QED) is 0.714. The minimum absolute atomic E-state index is 0.553. The van der Waals surface area contributed by atoms with Gasteiger partial charge in [0.05, 0.1) is 17.3 Å². The monoisotopic (exact) mass is 239 g/mol. The number of aromatic amines is 1. The summed E-state index contributed by atoms with van der Waals surface area (Å²) in [6, 6.07) is 6.17. The molecule has 0 aliphatic heterocycles. The number of nitrogens with zero attached hydrogens (tertiary/aromatic N) is 3. The molecule has 0 fully saturated rings. The molecule has 0 aliphatic carbocycles. The van der Waals surface area contributed by atoms with Crippen LogP contribution in [0, 0.1) is 6.92 Å². The van der Waals surface area contributed by atoms with Gasteiger partial charge in [-0.3, -0.25) is 5.10 Å². The van der Waals surface area contributed by atoms with Crippen LogP contribution in [0.3, 0.4) is 0 Å². The van der Waals surface area contributed by atoms with Gasteiger partial charge in [-0.25, -0.2) is 9.97 Å². The molecule has 2 aromatic heterocycles. The van der Waals surface area contributed by atoms with Gasteiger partial charge in [0.2, 0.25) is 0 Å². The summed E-state index contributed by atoms with van der Waals surface area (Å²) < 4.78 is 0. The molecule has 2 heterocycles. The fourth-order valence-corrected chi connectivity index (χ4v) is 2.07. The van der Waals surface area contributed by atoms with E-state index in [1.165, 1.54) is 5.56 Å². The smallest absolute Gasteiger partial charge is 0.159 e. The first-order valence-corrected chi connectivity index (χ1v) is 5.73. The van der Waals surface area contributed by atoms with Crippen molar-refractivity contribution >= 4 is 11.0 Å². The summed E-state index contributed by atoms with van der Waals surface area (Å²) in [6.07, 6.45) is 3.29. The van der Waals surface area contributed by atoms with Crippen molar-refractivity contribution in [3.05, 3.63) is 41.9 Å². The lowest BCUT2D eigenvalue weighted by Gasteiger charge is -2.06. The fourth-order valence-electron chi connectivity index (χ4n) is 2.07. The van der Waals surface area contributed by atoms with Crippen LogP contribution in [-0.4, -0.2) is 20.2 Å². The first-order chi connectivity index (χ1) is 8.79. The number of benzene rings is 1. The van der Waals surface area contributed by atoms with E-state index in [1.54, 1.807) is 12.5 Å². The molecule has 0 radical (unpaired) electrons. The Labute approximate surface area is 104 Å². The zero-order chi connectivity index (χ0) is 12.5. The predicted molar refractivity (Wildman–Crippen MR) is 69.7 cm³/mol. The highest BCUT2D eigenvalue weighted by Gasteiger charge is 2.08. The van der Waals surface area contributed by atoms with Gasteiger partial charge in [0.1, 0.15) is 6.33 Å². The number of aryl methyl sites for hydroxylation is 1. The molecule has 0 aliphatic rings. The van der Waals surface area contributed by atoms with Crippen LogP contribution in [0.25, 0.3) is 22.3 Å². The molecule has 3 rings (SSSR count). The van der Waals surface area contributed by atoms with E-state index in [9.17, 15) is 0 Å². The first-order valence-electron chi connectivity index (χ1n) is 5.73. The maximum atomic E-state index is 5.67.